The van der Waals surface area contributed by atoms with Crippen LogP contribution in [0.4, 0.5) is 0 Å². The van der Waals surface area contributed by atoms with Crippen molar-refractivity contribution in [1.29, 1.82) is 0 Å². The Kier molecular flexibility index (Phi) is 14.0. The summed E-state index contributed by atoms with van der Waals surface area (Å²) in [6.07, 6.45) is 0.340. The highest BCUT2D eigenvalue weighted by atomic mass is 16.3. The summed E-state index contributed by atoms with van der Waals surface area (Å²) in [4.78, 5) is 0. The molecule has 0 fully saturated rings. The molecule has 0 aromatic heterocycles. The van der Waals surface area contributed by atoms with Gasteiger partial charge in [-0.3, -0.25) is 0 Å². The molecule has 0 aromatic rings. The van der Waals surface area contributed by atoms with Crippen LogP contribution < -0.4 is 21.3 Å². The van der Waals surface area contributed by atoms with Crippen molar-refractivity contribution in [3.8, 4) is 0 Å². The summed E-state index contributed by atoms with van der Waals surface area (Å²) < 4.78 is 0. The molecule has 0 radical (unpaired) electrons. The van der Waals surface area contributed by atoms with Crippen molar-refractivity contribution in [3.63, 3.8) is 0 Å². The predicted octanol–water partition coefficient (Wildman–Crippen LogP) is -1.50. The molecular weight excluding hydrogens is 244 g/mol. The van der Waals surface area contributed by atoms with E-state index in [0.29, 0.717) is 26.2 Å². The van der Waals surface area contributed by atoms with E-state index in [9.17, 15) is 10.2 Å². The standard InChI is InChI=1S/C13H32N4O2/c1-3-14-8-12(18)10-16-6-5-7-17-11-13(19)9-15-4-2/h12-19H,3-11H2,1-2H3/t12-,13-/m0/s1. The lowest BCUT2D eigenvalue weighted by Gasteiger charge is -2.13. The third kappa shape index (κ3) is 14.0. The average Bonchev–Trinajstić information content (AvgIpc) is 2.41. The molecule has 0 aliphatic heterocycles. The van der Waals surface area contributed by atoms with Crippen molar-refractivity contribution >= 4 is 0 Å². The minimum absolute atomic E-state index is 0.324. The Hall–Kier alpha value is -0.240. The second-order valence-electron chi connectivity index (χ2n) is 4.68. The van der Waals surface area contributed by atoms with Gasteiger partial charge in [0.25, 0.3) is 0 Å². The number of hydrogen-bond donors (Lipinski definition) is 6. The van der Waals surface area contributed by atoms with Crippen molar-refractivity contribution in [3.05, 3.63) is 0 Å². The molecule has 0 bridgehead atoms. The van der Waals surface area contributed by atoms with Crippen LogP contribution in [0.25, 0.3) is 0 Å². The topological polar surface area (TPSA) is 88.6 Å². The molecule has 0 spiro atoms. The number of hydrogen-bond acceptors (Lipinski definition) is 6. The SMILES string of the molecule is CCNC[C@H](O)CNCCCNC[C@@H](O)CNCC. The first kappa shape index (κ1) is 18.8. The van der Waals surface area contributed by atoms with Crippen LogP contribution in [0.2, 0.25) is 0 Å². The van der Waals surface area contributed by atoms with Gasteiger partial charge in [-0.25, -0.2) is 0 Å². The van der Waals surface area contributed by atoms with Crippen LogP contribution in [-0.2, 0) is 0 Å². The first-order chi connectivity index (χ1) is 9.20. The number of rotatable bonds is 14. The van der Waals surface area contributed by atoms with Crippen molar-refractivity contribution < 1.29 is 10.2 Å². The van der Waals surface area contributed by atoms with Gasteiger partial charge in [0.1, 0.15) is 0 Å². The summed E-state index contributed by atoms with van der Waals surface area (Å²) >= 11 is 0. The second kappa shape index (κ2) is 14.2. The van der Waals surface area contributed by atoms with Gasteiger partial charge in [-0.15, -0.1) is 0 Å². The zero-order valence-electron chi connectivity index (χ0n) is 12.4. The molecule has 0 rings (SSSR count). The highest BCUT2D eigenvalue weighted by Gasteiger charge is 2.02. The fourth-order valence-corrected chi connectivity index (χ4v) is 1.64. The third-order valence-corrected chi connectivity index (χ3v) is 2.73. The molecule has 6 N–H and O–H groups in total. The molecule has 0 aliphatic carbocycles. The first-order valence-corrected chi connectivity index (χ1v) is 7.39. The van der Waals surface area contributed by atoms with Crippen LogP contribution in [0, 0.1) is 0 Å². The Bertz CT molecular complexity index is 166. The monoisotopic (exact) mass is 276 g/mol. The van der Waals surface area contributed by atoms with Crippen LogP contribution in [0.3, 0.4) is 0 Å². The van der Waals surface area contributed by atoms with E-state index in [0.717, 1.165) is 32.6 Å². The second-order valence-corrected chi connectivity index (χ2v) is 4.68. The molecular formula is C13H32N4O2. The van der Waals surface area contributed by atoms with Gasteiger partial charge in [0.15, 0.2) is 0 Å². The van der Waals surface area contributed by atoms with E-state index >= 15 is 0 Å². The number of aliphatic hydroxyl groups is 2. The third-order valence-electron chi connectivity index (χ3n) is 2.73. The maximum atomic E-state index is 9.56. The number of nitrogens with one attached hydrogen (secondary N) is 4. The highest BCUT2D eigenvalue weighted by Crippen LogP contribution is 1.81. The predicted molar refractivity (Wildman–Crippen MR) is 79.5 cm³/mol. The van der Waals surface area contributed by atoms with Gasteiger partial charge in [-0.2, -0.15) is 0 Å². The van der Waals surface area contributed by atoms with Gasteiger partial charge >= 0.3 is 0 Å². The minimum Gasteiger partial charge on any atom is -0.390 e. The summed E-state index contributed by atoms with van der Waals surface area (Å²) in [5.74, 6) is 0. The fraction of sp³-hybridized carbons (Fsp3) is 1.00. The molecule has 0 aliphatic rings. The van der Waals surface area contributed by atoms with E-state index in [1.807, 2.05) is 13.8 Å². The molecule has 0 aromatic carbocycles. The molecule has 19 heavy (non-hydrogen) atoms. The van der Waals surface area contributed by atoms with E-state index in [4.69, 9.17) is 0 Å². The van der Waals surface area contributed by atoms with Gasteiger partial charge in [0.2, 0.25) is 0 Å². The van der Waals surface area contributed by atoms with E-state index in [1.165, 1.54) is 0 Å². The van der Waals surface area contributed by atoms with Gasteiger partial charge in [-0.1, -0.05) is 13.8 Å². The molecule has 6 nitrogen and oxygen atoms in total. The Morgan fingerprint density at radius 2 is 1.05 bits per heavy atom. The largest absolute Gasteiger partial charge is 0.390 e. The Morgan fingerprint density at radius 3 is 1.42 bits per heavy atom. The minimum atomic E-state index is -0.324. The van der Waals surface area contributed by atoms with Gasteiger partial charge in [0.05, 0.1) is 12.2 Å². The molecule has 116 valence electrons. The van der Waals surface area contributed by atoms with Crippen molar-refractivity contribution in [2.45, 2.75) is 32.5 Å². The summed E-state index contributed by atoms with van der Waals surface area (Å²) in [6.45, 7) is 10.1. The van der Waals surface area contributed by atoms with Gasteiger partial charge < -0.3 is 31.5 Å². The van der Waals surface area contributed by atoms with E-state index in [2.05, 4.69) is 21.3 Å². The quantitative estimate of drug-likeness (QED) is 0.216. The molecule has 0 unspecified atom stereocenters. The van der Waals surface area contributed by atoms with Crippen molar-refractivity contribution in [1.82, 2.24) is 21.3 Å². The molecule has 6 heteroatoms. The molecule has 0 heterocycles. The Morgan fingerprint density at radius 1 is 0.684 bits per heavy atom. The van der Waals surface area contributed by atoms with Crippen LogP contribution in [0.15, 0.2) is 0 Å². The number of aliphatic hydroxyl groups excluding tert-OH is 2. The Labute approximate surface area is 117 Å². The normalized spacial score (nSPS) is 14.5. The maximum Gasteiger partial charge on any atom is 0.0788 e. The van der Waals surface area contributed by atoms with E-state index in [-0.39, 0.29) is 12.2 Å². The summed E-state index contributed by atoms with van der Waals surface area (Å²) in [7, 11) is 0. The lowest BCUT2D eigenvalue weighted by atomic mass is 10.3. The van der Waals surface area contributed by atoms with Crippen molar-refractivity contribution in [2.24, 2.45) is 0 Å². The molecule has 2 atom stereocenters. The van der Waals surface area contributed by atoms with E-state index < -0.39 is 0 Å². The summed E-state index contributed by atoms with van der Waals surface area (Å²) in [5, 5.41) is 31.7. The molecule has 0 saturated heterocycles. The van der Waals surface area contributed by atoms with Gasteiger partial charge in [0, 0.05) is 26.2 Å². The summed E-state index contributed by atoms with van der Waals surface area (Å²) in [5.41, 5.74) is 0. The van der Waals surface area contributed by atoms with Crippen LogP contribution in [0.1, 0.15) is 20.3 Å². The van der Waals surface area contributed by atoms with Crippen LogP contribution in [0.5, 0.6) is 0 Å². The van der Waals surface area contributed by atoms with Gasteiger partial charge in [-0.05, 0) is 32.6 Å². The molecule has 0 saturated carbocycles. The average molecular weight is 276 g/mol. The lowest BCUT2D eigenvalue weighted by molar-refractivity contribution is 0.167. The highest BCUT2D eigenvalue weighted by molar-refractivity contribution is 4.64. The number of likely N-dealkylation sites (N-methyl/N-ethyl adjacent to an activating group) is 2. The van der Waals surface area contributed by atoms with E-state index in [1.54, 1.807) is 0 Å². The van der Waals surface area contributed by atoms with Crippen LogP contribution >= 0.6 is 0 Å². The lowest BCUT2D eigenvalue weighted by Crippen LogP contribution is -2.37. The fourth-order valence-electron chi connectivity index (χ4n) is 1.64. The smallest absolute Gasteiger partial charge is 0.0788 e. The van der Waals surface area contributed by atoms with Crippen LogP contribution in [-0.4, -0.2) is 74.8 Å². The maximum absolute atomic E-state index is 9.56. The Balaban J connectivity index is 3.18. The summed E-state index contributed by atoms with van der Waals surface area (Å²) in [6, 6.07) is 0. The first-order valence-electron chi connectivity index (χ1n) is 7.39. The molecule has 0 amide bonds. The zero-order chi connectivity index (χ0) is 14.3. The van der Waals surface area contributed by atoms with Crippen molar-refractivity contribution in [2.75, 3.05) is 52.4 Å². The zero-order valence-corrected chi connectivity index (χ0v) is 12.4.